The maximum atomic E-state index is 11.9. The molecule has 6 heteroatoms. The van der Waals surface area contributed by atoms with Crippen molar-refractivity contribution in [3.05, 3.63) is 0 Å². The normalized spacial score (nSPS) is 25.8. The van der Waals surface area contributed by atoms with E-state index in [1.807, 2.05) is 0 Å². The van der Waals surface area contributed by atoms with Gasteiger partial charge in [-0.05, 0) is 38.0 Å². The molecule has 0 aromatic carbocycles. The summed E-state index contributed by atoms with van der Waals surface area (Å²) in [5.74, 6) is 0.331. The first-order chi connectivity index (χ1) is 9.70. The fourth-order valence-corrected chi connectivity index (χ4v) is 2.64. The molecule has 1 saturated heterocycles. The van der Waals surface area contributed by atoms with Crippen molar-refractivity contribution in [2.45, 2.75) is 44.2 Å². The fraction of sp³-hybridized carbons (Fsp3) is 0.857. The Bertz CT molecular complexity index is 374. The van der Waals surface area contributed by atoms with Crippen LogP contribution in [-0.2, 0) is 9.53 Å². The number of hydrogen-bond acceptors (Lipinski definition) is 4. The molecule has 2 N–H and O–H groups in total. The van der Waals surface area contributed by atoms with Crippen LogP contribution >= 0.6 is 0 Å². The van der Waals surface area contributed by atoms with E-state index < -0.39 is 0 Å². The van der Waals surface area contributed by atoms with E-state index in [1.165, 1.54) is 0 Å². The molecule has 0 spiro atoms. The molecule has 1 heterocycles. The van der Waals surface area contributed by atoms with Gasteiger partial charge < -0.3 is 10.1 Å². The van der Waals surface area contributed by atoms with Crippen LogP contribution in [0, 0.1) is 5.92 Å². The number of rotatable bonds is 6. The van der Waals surface area contributed by atoms with Crippen molar-refractivity contribution < 1.29 is 14.3 Å². The lowest BCUT2D eigenvalue weighted by Gasteiger charge is -2.23. The van der Waals surface area contributed by atoms with Gasteiger partial charge in [-0.25, -0.2) is 4.79 Å². The first kappa shape index (κ1) is 13.8. The third-order valence-corrected chi connectivity index (χ3v) is 4.09. The van der Waals surface area contributed by atoms with E-state index in [0.717, 1.165) is 51.9 Å². The molecule has 0 aromatic heterocycles. The number of nitrogens with zero attached hydrogens (tertiary/aromatic N) is 1. The lowest BCUT2D eigenvalue weighted by Crippen LogP contribution is -2.46. The number of carbonyl (C=O) groups excluding carboxylic acids is 2. The van der Waals surface area contributed by atoms with E-state index in [9.17, 15) is 9.59 Å². The van der Waals surface area contributed by atoms with Crippen LogP contribution in [0.4, 0.5) is 4.79 Å². The molecule has 3 rings (SSSR count). The lowest BCUT2D eigenvalue weighted by molar-refractivity contribution is -0.121. The highest BCUT2D eigenvalue weighted by atomic mass is 16.5. The highest BCUT2D eigenvalue weighted by Crippen LogP contribution is 2.28. The molecule has 20 heavy (non-hydrogen) atoms. The molecule has 1 unspecified atom stereocenters. The highest BCUT2D eigenvalue weighted by molar-refractivity contribution is 5.95. The van der Waals surface area contributed by atoms with Gasteiger partial charge in [0.05, 0.1) is 13.2 Å². The Morgan fingerprint density at radius 1 is 1.15 bits per heavy atom. The van der Waals surface area contributed by atoms with Gasteiger partial charge in [0.1, 0.15) is 0 Å². The average molecular weight is 281 g/mol. The summed E-state index contributed by atoms with van der Waals surface area (Å²) in [5.41, 5.74) is 0. The van der Waals surface area contributed by atoms with Crippen molar-refractivity contribution in [3.63, 3.8) is 0 Å². The van der Waals surface area contributed by atoms with Crippen molar-refractivity contribution >= 4 is 11.9 Å². The van der Waals surface area contributed by atoms with E-state index >= 15 is 0 Å². The lowest BCUT2D eigenvalue weighted by atomic mass is 10.1. The summed E-state index contributed by atoms with van der Waals surface area (Å²) in [7, 11) is 0. The van der Waals surface area contributed by atoms with Gasteiger partial charge in [-0.3, -0.25) is 15.0 Å². The summed E-state index contributed by atoms with van der Waals surface area (Å²) in [4.78, 5) is 25.7. The third kappa shape index (κ3) is 4.18. The number of carbonyl (C=O) groups is 2. The smallest absolute Gasteiger partial charge is 0.321 e. The van der Waals surface area contributed by atoms with Gasteiger partial charge in [-0.2, -0.15) is 0 Å². The second-order valence-electron chi connectivity index (χ2n) is 6.19. The molecule has 3 aliphatic rings. The summed E-state index contributed by atoms with van der Waals surface area (Å²) >= 11 is 0. The van der Waals surface area contributed by atoms with Gasteiger partial charge in [0, 0.05) is 25.2 Å². The topological polar surface area (TPSA) is 70.7 Å². The molecule has 0 bridgehead atoms. The van der Waals surface area contributed by atoms with Crippen LogP contribution in [0.2, 0.25) is 0 Å². The zero-order chi connectivity index (χ0) is 13.9. The Kier molecular flexibility index (Phi) is 4.21. The van der Waals surface area contributed by atoms with Crippen molar-refractivity contribution in [3.8, 4) is 0 Å². The van der Waals surface area contributed by atoms with Crippen LogP contribution in [0.25, 0.3) is 0 Å². The summed E-state index contributed by atoms with van der Waals surface area (Å²) in [6, 6.07) is 0.447. The molecule has 3 fully saturated rings. The minimum atomic E-state index is -0.350. The Balaban J connectivity index is 1.42. The van der Waals surface area contributed by atoms with Crippen molar-refractivity contribution in [2.24, 2.45) is 5.92 Å². The number of amides is 3. The Morgan fingerprint density at radius 2 is 1.95 bits per heavy atom. The molecule has 3 amide bonds. The largest absolute Gasteiger partial charge is 0.381 e. The van der Waals surface area contributed by atoms with E-state index in [-0.39, 0.29) is 18.0 Å². The molecule has 1 aliphatic heterocycles. The van der Waals surface area contributed by atoms with E-state index in [4.69, 9.17) is 4.74 Å². The first-order valence-electron chi connectivity index (χ1n) is 7.63. The molecule has 0 aromatic rings. The van der Waals surface area contributed by atoms with Crippen molar-refractivity contribution in [1.29, 1.82) is 0 Å². The predicted octanol–water partition coefficient (Wildman–Crippen LogP) is 0.476. The van der Waals surface area contributed by atoms with E-state index in [0.29, 0.717) is 18.5 Å². The highest BCUT2D eigenvalue weighted by Gasteiger charge is 2.33. The number of hydrogen-bond donors (Lipinski definition) is 2. The number of imide groups is 1. The summed E-state index contributed by atoms with van der Waals surface area (Å²) in [5, 5.41) is 5.19. The summed E-state index contributed by atoms with van der Waals surface area (Å²) in [6.07, 6.45) is 5.45. The summed E-state index contributed by atoms with van der Waals surface area (Å²) in [6.45, 7) is 2.85. The zero-order valence-corrected chi connectivity index (χ0v) is 11.8. The Morgan fingerprint density at radius 3 is 2.55 bits per heavy atom. The quantitative estimate of drug-likeness (QED) is 0.743. The molecular formula is C14H23N3O3. The maximum absolute atomic E-state index is 11.9. The molecule has 0 radical (unpaired) electrons. The minimum absolute atomic E-state index is 0.200. The molecule has 2 aliphatic carbocycles. The number of nitrogens with one attached hydrogen (secondary N) is 2. The number of ether oxygens (including phenoxy) is 1. The number of urea groups is 1. The van der Waals surface area contributed by atoms with Crippen LogP contribution in [0.5, 0.6) is 0 Å². The van der Waals surface area contributed by atoms with Crippen LogP contribution in [0.3, 0.4) is 0 Å². The van der Waals surface area contributed by atoms with Gasteiger partial charge >= 0.3 is 6.03 Å². The standard InChI is InChI=1S/C14H23N3O3/c18-13(16-14(19)15-11-1-2-11)8-17(12-3-4-12)7-10-5-6-20-9-10/h10-12H,1-9H2,(H2,15,16,18,19). The van der Waals surface area contributed by atoms with Crippen LogP contribution < -0.4 is 10.6 Å². The van der Waals surface area contributed by atoms with Gasteiger partial charge in [0.2, 0.25) is 5.91 Å². The van der Waals surface area contributed by atoms with E-state index in [1.54, 1.807) is 0 Å². The third-order valence-electron chi connectivity index (χ3n) is 4.09. The van der Waals surface area contributed by atoms with Crippen molar-refractivity contribution in [1.82, 2.24) is 15.5 Å². The molecular weight excluding hydrogens is 258 g/mol. The van der Waals surface area contributed by atoms with Gasteiger partial charge in [0.15, 0.2) is 0 Å². The monoisotopic (exact) mass is 281 g/mol. The fourth-order valence-electron chi connectivity index (χ4n) is 2.64. The van der Waals surface area contributed by atoms with Crippen molar-refractivity contribution in [2.75, 3.05) is 26.3 Å². The SMILES string of the molecule is O=C(CN(CC1CCOC1)C1CC1)NC(=O)NC1CC1. The molecule has 6 nitrogen and oxygen atoms in total. The molecule has 2 saturated carbocycles. The minimum Gasteiger partial charge on any atom is -0.381 e. The zero-order valence-electron chi connectivity index (χ0n) is 11.8. The van der Waals surface area contributed by atoms with Gasteiger partial charge in [0.25, 0.3) is 0 Å². The summed E-state index contributed by atoms with van der Waals surface area (Å²) < 4.78 is 5.39. The molecule has 1 atom stereocenters. The first-order valence-corrected chi connectivity index (χ1v) is 7.63. The second-order valence-corrected chi connectivity index (χ2v) is 6.19. The maximum Gasteiger partial charge on any atom is 0.321 e. The van der Waals surface area contributed by atoms with Gasteiger partial charge in [-0.15, -0.1) is 0 Å². The second kappa shape index (κ2) is 6.10. The van der Waals surface area contributed by atoms with Crippen LogP contribution in [-0.4, -0.2) is 55.2 Å². The van der Waals surface area contributed by atoms with Crippen LogP contribution in [0.15, 0.2) is 0 Å². The van der Waals surface area contributed by atoms with E-state index in [2.05, 4.69) is 15.5 Å². The van der Waals surface area contributed by atoms with Gasteiger partial charge in [-0.1, -0.05) is 0 Å². The van der Waals surface area contributed by atoms with Crippen LogP contribution in [0.1, 0.15) is 32.1 Å². The predicted molar refractivity (Wildman–Crippen MR) is 73.2 cm³/mol. The Hall–Kier alpha value is -1.14. The average Bonchev–Trinajstić information content (AvgIpc) is 3.31. The molecule has 112 valence electrons. The Labute approximate surface area is 119 Å².